The number of rotatable bonds is 4. The Labute approximate surface area is 103 Å². The quantitative estimate of drug-likeness (QED) is 0.893. The van der Waals surface area contributed by atoms with Crippen LogP contribution in [-0.2, 0) is 9.84 Å². The third-order valence-electron chi connectivity index (χ3n) is 3.55. The SMILES string of the molecule is NCC(c1ccccc1)S(=O)(=O)C1CCCC1. The van der Waals surface area contributed by atoms with E-state index >= 15 is 0 Å². The third-order valence-corrected chi connectivity index (χ3v) is 6.21. The van der Waals surface area contributed by atoms with Crippen LogP contribution in [0, 0.1) is 0 Å². The fraction of sp³-hybridized carbons (Fsp3) is 0.538. The van der Waals surface area contributed by atoms with E-state index in [2.05, 4.69) is 0 Å². The second-order valence-electron chi connectivity index (χ2n) is 4.63. The van der Waals surface area contributed by atoms with Crippen molar-refractivity contribution in [2.45, 2.75) is 36.2 Å². The molecule has 0 saturated heterocycles. The molecule has 2 N–H and O–H groups in total. The van der Waals surface area contributed by atoms with Crippen molar-refractivity contribution in [1.82, 2.24) is 0 Å². The number of hydrogen-bond acceptors (Lipinski definition) is 3. The summed E-state index contributed by atoms with van der Waals surface area (Å²) in [6, 6.07) is 9.32. The standard InChI is InChI=1S/C13H19NO2S/c14-10-13(11-6-2-1-3-7-11)17(15,16)12-8-4-5-9-12/h1-3,6-7,12-13H,4-5,8-10,14H2. The smallest absolute Gasteiger partial charge is 0.161 e. The zero-order valence-electron chi connectivity index (χ0n) is 9.88. The Balaban J connectivity index is 2.29. The van der Waals surface area contributed by atoms with Gasteiger partial charge in [0.25, 0.3) is 0 Å². The number of sulfone groups is 1. The van der Waals surface area contributed by atoms with E-state index in [1.807, 2.05) is 30.3 Å². The molecule has 2 rings (SSSR count). The van der Waals surface area contributed by atoms with Gasteiger partial charge in [0.15, 0.2) is 9.84 Å². The van der Waals surface area contributed by atoms with E-state index in [0.29, 0.717) is 0 Å². The van der Waals surface area contributed by atoms with Gasteiger partial charge in [-0.15, -0.1) is 0 Å². The maximum Gasteiger partial charge on any atom is 0.161 e. The van der Waals surface area contributed by atoms with E-state index in [-0.39, 0.29) is 11.8 Å². The lowest BCUT2D eigenvalue weighted by Gasteiger charge is -2.20. The Morgan fingerprint density at radius 2 is 1.76 bits per heavy atom. The van der Waals surface area contributed by atoms with Gasteiger partial charge in [-0.3, -0.25) is 0 Å². The van der Waals surface area contributed by atoms with Crippen LogP contribution in [0.25, 0.3) is 0 Å². The summed E-state index contributed by atoms with van der Waals surface area (Å²) in [6.07, 6.45) is 3.64. The predicted octanol–water partition coefficient (Wildman–Crippen LogP) is 2.04. The monoisotopic (exact) mass is 253 g/mol. The van der Waals surface area contributed by atoms with Gasteiger partial charge in [0.2, 0.25) is 0 Å². The van der Waals surface area contributed by atoms with E-state index in [4.69, 9.17) is 5.73 Å². The van der Waals surface area contributed by atoms with Crippen molar-refractivity contribution < 1.29 is 8.42 Å². The fourth-order valence-corrected chi connectivity index (χ4v) is 4.84. The van der Waals surface area contributed by atoms with Gasteiger partial charge in [0.1, 0.15) is 0 Å². The van der Waals surface area contributed by atoms with Crippen molar-refractivity contribution in [3.8, 4) is 0 Å². The largest absolute Gasteiger partial charge is 0.329 e. The summed E-state index contributed by atoms with van der Waals surface area (Å²) in [7, 11) is -3.13. The number of hydrogen-bond donors (Lipinski definition) is 1. The minimum atomic E-state index is -3.13. The highest BCUT2D eigenvalue weighted by Crippen LogP contribution is 2.33. The second kappa shape index (κ2) is 5.19. The zero-order valence-corrected chi connectivity index (χ0v) is 10.7. The maximum absolute atomic E-state index is 12.5. The molecule has 1 aliphatic carbocycles. The van der Waals surface area contributed by atoms with Crippen LogP contribution in [0.5, 0.6) is 0 Å². The summed E-state index contributed by atoms with van der Waals surface area (Å²) in [5, 5.41) is -0.719. The van der Waals surface area contributed by atoms with Crippen molar-refractivity contribution in [3.63, 3.8) is 0 Å². The van der Waals surface area contributed by atoms with Crippen molar-refractivity contribution in [2.24, 2.45) is 5.73 Å². The molecule has 17 heavy (non-hydrogen) atoms. The Hall–Kier alpha value is -0.870. The van der Waals surface area contributed by atoms with E-state index in [1.54, 1.807) is 0 Å². The molecule has 1 aromatic carbocycles. The van der Waals surface area contributed by atoms with Crippen molar-refractivity contribution in [2.75, 3.05) is 6.54 Å². The summed E-state index contributed by atoms with van der Waals surface area (Å²) in [5.41, 5.74) is 6.50. The number of nitrogens with two attached hydrogens (primary N) is 1. The van der Waals surface area contributed by atoms with Crippen LogP contribution in [-0.4, -0.2) is 20.2 Å². The predicted molar refractivity (Wildman–Crippen MR) is 69.4 cm³/mol. The van der Waals surface area contributed by atoms with Crippen LogP contribution in [0.15, 0.2) is 30.3 Å². The molecule has 0 aromatic heterocycles. The average molecular weight is 253 g/mol. The molecule has 0 aliphatic heterocycles. The molecule has 1 fully saturated rings. The molecule has 94 valence electrons. The molecule has 1 atom stereocenters. The molecule has 1 unspecified atom stereocenters. The highest BCUT2D eigenvalue weighted by Gasteiger charge is 2.35. The lowest BCUT2D eigenvalue weighted by atomic mass is 10.1. The zero-order chi connectivity index (χ0) is 12.3. The van der Waals surface area contributed by atoms with Gasteiger partial charge in [-0.05, 0) is 18.4 Å². The molecule has 0 heterocycles. The molecule has 1 aliphatic rings. The molecule has 0 amide bonds. The molecule has 1 aromatic rings. The highest BCUT2D eigenvalue weighted by atomic mass is 32.2. The van der Waals surface area contributed by atoms with Crippen LogP contribution >= 0.6 is 0 Å². The summed E-state index contributed by atoms with van der Waals surface area (Å²) >= 11 is 0. The summed E-state index contributed by atoms with van der Waals surface area (Å²) in [4.78, 5) is 0. The van der Waals surface area contributed by atoms with E-state index in [1.165, 1.54) is 0 Å². The lowest BCUT2D eigenvalue weighted by molar-refractivity contribution is 0.565. The van der Waals surface area contributed by atoms with Gasteiger partial charge >= 0.3 is 0 Å². The topological polar surface area (TPSA) is 60.2 Å². The second-order valence-corrected chi connectivity index (χ2v) is 7.04. The van der Waals surface area contributed by atoms with Gasteiger partial charge < -0.3 is 5.73 Å². The fourth-order valence-electron chi connectivity index (χ4n) is 2.58. The Bertz CT molecular complexity index is 450. The van der Waals surface area contributed by atoms with Crippen LogP contribution in [0.2, 0.25) is 0 Å². The summed E-state index contributed by atoms with van der Waals surface area (Å²) in [5.74, 6) is 0. The molecular weight excluding hydrogens is 234 g/mol. The molecule has 0 radical (unpaired) electrons. The van der Waals surface area contributed by atoms with Crippen LogP contribution in [0.1, 0.15) is 36.5 Å². The molecule has 0 spiro atoms. The minimum Gasteiger partial charge on any atom is -0.329 e. The lowest BCUT2D eigenvalue weighted by Crippen LogP contribution is -2.29. The first-order chi connectivity index (χ1) is 8.16. The molecular formula is C13H19NO2S. The average Bonchev–Trinajstić information content (AvgIpc) is 2.85. The molecule has 1 saturated carbocycles. The Morgan fingerprint density at radius 3 is 2.29 bits per heavy atom. The third kappa shape index (κ3) is 2.53. The van der Waals surface area contributed by atoms with Gasteiger partial charge in [0, 0.05) is 6.54 Å². The van der Waals surface area contributed by atoms with E-state index < -0.39 is 15.1 Å². The van der Waals surface area contributed by atoms with Crippen molar-refractivity contribution in [3.05, 3.63) is 35.9 Å². The van der Waals surface area contributed by atoms with Crippen LogP contribution < -0.4 is 5.73 Å². The normalized spacial score (nSPS) is 19.4. The molecule has 0 bridgehead atoms. The summed E-state index contributed by atoms with van der Waals surface area (Å²) in [6.45, 7) is 0.169. The minimum absolute atomic E-state index is 0.169. The number of benzene rings is 1. The maximum atomic E-state index is 12.5. The summed E-state index contributed by atoms with van der Waals surface area (Å²) < 4.78 is 25.0. The van der Waals surface area contributed by atoms with E-state index in [0.717, 1.165) is 31.2 Å². The highest BCUT2D eigenvalue weighted by molar-refractivity contribution is 7.92. The van der Waals surface area contributed by atoms with Crippen molar-refractivity contribution in [1.29, 1.82) is 0 Å². The van der Waals surface area contributed by atoms with Crippen LogP contribution in [0.4, 0.5) is 0 Å². The Kier molecular flexibility index (Phi) is 3.84. The van der Waals surface area contributed by atoms with Crippen LogP contribution in [0.3, 0.4) is 0 Å². The van der Waals surface area contributed by atoms with Gasteiger partial charge in [-0.2, -0.15) is 0 Å². The van der Waals surface area contributed by atoms with Gasteiger partial charge in [-0.25, -0.2) is 8.42 Å². The van der Waals surface area contributed by atoms with E-state index in [9.17, 15) is 8.42 Å². The van der Waals surface area contributed by atoms with Gasteiger partial charge in [0.05, 0.1) is 10.5 Å². The van der Waals surface area contributed by atoms with Gasteiger partial charge in [-0.1, -0.05) is 43.2 Å². The first-order valence-electron chi connectivity index (χ1n) is 6.14. The Morgan fingerprint density at radius 1 is 1.18 bits per heavy atom. The first-order valence-corrected chi connectivity index (χ1v) is 7.75. The molecule has 4 heteroatoms. The first kappa shape index (κ1) is 12.6. The molecule has 3 nitrogen and oxygen atoms in total. The van der Waals surface area contributed by atoms with Crippen molar-refractivity contribution >= 4 is 9.84 Å².